The van der Waals surface area contributed by atoms with Crippen LogP contribution in [0.2, 0.25) is 5.02 Å². The molecule has 1 aliphatic heterocycles. The number of ether oxygens (including phenoxy) is 1. The summed E-state index contributed by atoms with van der Waals surface area (Å²) in [5, 5.41) is 10.00. The largest absolute Gasteiger partial charge is 0.491 e. The van der Waals surface area contributed by atoms with E-state index in [9.17, 15) is 26.7 Å². The predicted octanol–water partition coefficient (Wildman–Crippen LogP) is 3.41. The third-order valence-corrected chi connectivity index (χ3v) is 7.49. The van der Waals surface area contributed by atoms with E-state index in [1.165, 1.54) is 0 Å². The molecule has 32 heavy (non-hydrogen) atoms. The first-order chi connectivity index (χ1) is 15.0. The zero-order chi connectivity index (χ0) is 23.5. The normalized spacial score (nSPS) is 17.3. The maximum Gasteiger partial charge on any atom is 0.416 e. The summed E-state index contributed by atoms with van der Waals surface area (Å²) in [6, 6.07) is 9.70. The number of aliphatic hydroxyl groups is 1. The van der Waals surface area contributed by atoms with Crippen molar-refractivity contribution in [3.63, 3.8) is 0 Å². The summed E-state index contributed by atoms with van der Waals surface area (Å²) in [5.41, 5.74) is -0.0361. The fraction of sp³-hybridized carbons (Fsp3) is 0.429. The van der Waals surface area contributed by atoms with E-state index in [1.807, 2.05) is 30.0 Å². The van der Waals surface area contributed by atoms with Crippen LogP contribution in [-0.2, 0) is 16.2 Å². The van der Waals surface area contributed by atoms with Crippen LogP contribution in [0.15, 0.2) is 47.4 Å². The van der Waals surface area contributed by atoms with Gasteiger partial charge in [0.05, 0.1) is 10.6 Å². The third kappa shape index (κ3) is 6.14. The minimum Gasteiger partial charge on any atom is -0.491 e. The summed E-state index contributed by atoms with van der Waals surface area (Å²) >= 11 is 5.91. The lowest BCUT2D eigenvalue weighted by Gasteiger charge is -2.35. The number of benzene rings is 2. The minimum absolute atomic E-state index is 0.0698. The van der Waals surface area contributed by atoms with Gasteiger partial charge in [0.1, 0.15) is 23.4 Å². The Labute approximate surface area is 190 Å². The molecule has 6 nitrogen and oxygen atoms in total. The summed E-state index contributed by atoms with van der Waals surface area (Å²) < 4.78 is 71.5. The molecule has 1 heterocycles. The van der Waals surface area contributed by atoms with Gasteiger partial charge in [-0.15, -0.1) is 0 Å². The maximum atomic E-state index is 13.0. The number of β-amino-alcohol motifs (C(OH)–C–C–N with tert-alkyl or cyclic N) is 1. The van der Waals surface area contributed by atoms with E-state index in [1.54, 1.807) is 6.07 Å². The van der Waals surface area contributed by atoms with Gasteiger partial charge < -0.3 is 9.84 Å². The van der Waals surface area contributed by atoms with Gasteiger partial charge in [-0.1, -0.05) is 23.7 Å². The maximum absolute atomic E-state index is 13.0. The molecular formula is C21H24ClF3N2O4S. The van der Waals surface area contributed by atoms with Gasteiger partial charge in [-0.25, -0.2) is 8.42 Å². The highest BCUT2D eigenvalue weighted by atomic mass is 35.5. The Morgan fingerprint density at radius 2 is 1.81 bits per heavy atom. The van der Waals surface area contributed by atoms with Gasteiger partial charge in [0.25, 0.3) is 0 Å². The molecule has 1 N–H and O–H groups in total. The molecule has 0 spiro atoms. The number of alkyl halides is 3. The number of rotatable bonds is 7. The molecule has 0 bridgehead atoms. The fourth-order valence-corrected chi connectivity index (χ4v) is 5.34. The highest BCUT2D eigenvalue weighted by Gasteiger charge is 2.35. The average molecular weight is 493 g/mol. The van der Waals surface area contributed by atoms with E-state index in [2.05, 4.69) is 0 Å². The molecule has 1 unspecified atom stereocenters. The van der Waals surface area contributed by atoms with Crippen molar-refractivity contribution >= 4 is 21.6 Å². The zero-order valence-electron chi connectivity index (χ0n) is 17.3. The standard InChI is InChI=1S/C21H24ClF3N2O4S/c1-15-3-2-4-18(11-15)31-14-17(28)13-26-7-9-27(10-8-26)32(29,30)20-12-16(21(23,24)25)5-6-19(20)22/h2-6,11-12,17,28H,7-10,13-14H2,1H3. The molecule has 1 atom stereocenters. The Hall–Kier alpha value is -1.85. The molecule has 2 aromatic rings. The molecule has 3 rings (SSSR count). The highest BCUT2D eigenvalue weighted by Crippen LogP contribution is 2.34. The number of hydrogen-bond acceptors (Lipinski definition) is 5. The van der Waals surface area contributed by atoms with Gasteiger partial charge in [0.15, 0.2) is 0 Å². The average Bonchev–Trinajstić information content (AvgIpc) is 2.72. The number of halogens is 4. The molecule has 2 aromatic carbocycles. The van der Waals surface area contributed by atoms with Crippen LogP contribution in [0.3, 0.4) is 0 Å². The summed E-state index contributed by atoms with van der Waals surface area (Å²) in [4.78, 5) is 1.32. The van der Waals surface area contributed by atoms with Crippen molar-refractivity contribution in [1.82, 2.24) is 9.21 Å². The Morgan fingerprint density at radius 3 is 2.44 bits per heavy atom. The number of nitrogens with zero attached hydrogens (tertiary/aromatic N) is 2. The minimum atomic E-state index is -4.68. The first-order valence-electron chi connectivity index (χ1n) is 9.93. The lowest BCUT2D eigenvalue weighted by molar-refractivity contribution is -0.137. The van der Waals surface area contributed by atoms with Crippen molar-refractivity contribution in [2.45, 2.75) is 24.1 Å². The summed E-state index contributed by atoms with van der Waals surface area (Å²) in [5.74, 6) is 0.651. The van der Waals surface area contributed by atoms with Crippen LogP contribution in [0, 0.1) is 6.92 Å². The zero-order valence-corrected chi connectivity index (χ0v) is 18.9. The van der Waals surface area contributed by atoms with Crippen LogP contribution in [0.25, 0.3) is 0 Å². The predicted molar refractivity (Wildman–Crippen MR) is 114 cm³/mol. The molecule has 1 saturated heterocycles. The quantitative estimate of drug-likeness (QED) is 0.641. The van der Waals surface area contributed by atoms with Crippen LogP contribution in [-0.4, -0.2) is 68.2 Å². The van der Waals surface area contributed by atoms with E-state index < -0.39 is 32.8 Å². The highest BCUT2D eigenvalue weighted by molar-refractivity contribution is 7.89. The Morgan fingerprint density at radius 1 is 1.12 bits per heavy atom. The topological polar surface area (TPSA) is 70.1 Å². The number of piperazine rings is 1. The molecule has 0 amide bonds. The number of aryl methyl sites for hydroxylation is 1. The van der Waals surface area contributed by atoms with Crippen molar-refractivity contribution < 1.29 is 31.4 Å². The van der Waals surface area contributed by atoms with Crippen LogP contribution < -0.4 is 4.74 Å². The van der Waals surface area contributed by atoms with Gasteiger partial charge in [0, 0.05) is 32.7 Å². The van der Waals surface area contributed by atoms with Crippen molar-refractivity contribution in [2.75, 3.05) is 39.3 Å². The van der Waals surface area contributed by atoms with Crippen LogP contribution in [0.1, 0.15) is 11.1 Å². The van der Waals surface area contributed by atoms with Crippen molar-refractivity contribution in [1.29, 1.82) is 0 Å². The second-order valence-electron chi connectivity index (χ2n) is 7.63. The van der Waals surface area contributed by atoms with Crippen molar-refractivity contribution in [2.24, 2.45) is 0 Å². The number of hydrogen-bond donors (Lipinski definition) is 1. The van der Waals surface area contributed by atoms with Crippen molar-refractivity contribution in [3.8, 4) is 5.75 Å². The molecular weight excluding hydrogens is 469 g/mol. The molecule has 176 valence electrons. The molecule has 0 aromatic heterocycles. The number of aliphatic hydroxyl groups excluding tert-OH is 1. The first kappa shape index (κ1) is 24.8. The van der Waals surface area contributed by atoms with Crippen LogP contribution in [0.5, 0.6) is 5.75 Å². The van der Waals surface area contributed by atoms with Gasteiger partial charge in [-0.3, -0.25) is 4.90 Å². The van der Waals surface area contributed by atoms with E-state index in [-0.39, 0.29) is 31.3 Å². The Balaban J connectivity index is 1.57. The first-order valence-corrected chi connectivity index (χ1v) is 11.8. The van der Waals surface area contributed by atoms with Gasteiger partial charge in [0.2, 0.25) is 10.0 Å². The van der Waals surface area contributed by atoms with Crippen LogP contribution in [0.4, 0.5) is 13.2 Å². The molecule has 1 aliphatic rings. The van der Waals surface area contributed by atoms with E-state index in [0.29, 0.717) is 24.9 Å². The van der Waals surface area contributed by atoms with Gasteiger partial charge >= 0.3 is 6.18 Å². The summed E-state index contributed by atoms with van der Waals surface area (Å²) in [6.07, 6.45) is -5.46. The van der Waals surface area contributed by atoms with E-state index in [4.69, 9.17) is 16.3 Å². The van der Waals surface area contributed by atoms with Gasteiger partial charge in [-0.2, -0.15) is 17.5 Å². The summed E-state index contributed by atoms with van der Waals surface area (Å²) in [6.45, 7) is 3.07. The smallest absolute Gasteiger partial charge is 0.416 e. The molecule has 0 radical (unpaired) electrons. The van der Waals surface area contributed by atoms with E-state index in [0.717, 1.165) is 22.0 Å². The Kier molecular flexibility index (Phi) is 7.72. The molecule has 0 saturated carbocycles. The lowest BCUT2D eigenvalue weighted by Crippen LogP contribution is -2.50. The second kappa shape index (κ2) is 9.96. The van der Waals surface area contributed by atoms with Crippen molar-refractivity contribution in [3.05, 3.63) is 58.6 Å². The monoisotopic (exact) mass is 492 g/mol. The molecule has 11 heteroatoms. The SMILES string of the molecule is Cc1cccc(OCC(O)CN2CCN(S(=O)(=O)c3cc(C(F)(F)F)ccc3Cl)CC2)c1. The third-order valence-electron chi connectivity index (χ3n) is 5.11. The van der Waals surface area contributed by atoms with Gasteiger partial charge in [-0.05, 0) is 42.8 Å². The summed E-state index contributed by atoms with van der Waals surface area (Å²) in [7, 11) is -4.19. The second-order valence-corrected chi connectivity index (χ2v) is 9.94. The molecule has 0 aliphatic carbocycles. The van der Waals surface area contributed by atoms with E-state index >= 15 is 0 Å². The fourth-order valence-electron chi connectivity index (χ4n) is 3.42. The van der Waals surface area contributed by atoms with Crippen LogP contribution >= 0.6 is 11.6 Å². The lowest BCUT2D eigenvalue weighted by atomic mass is 10.2. The molecule has 1 fully saturated rings. The Bertz CT molecular complexity index is 1040. The number of sulfonamides is 1.